The van der Waals surface area contributed by atoms with Gasteiger partial charge in [0.1, 0.15) is 12.1 Å². The minimum Gasteiger partial charge on any atom is -0.476 e. The highest BCUT2D eigenvalue weighted by Gasteiger charge is 2.22. The SMILES string of the molecule is O=C(O)c1coc(Oc2cc(F)c(Br)cc2[N+](=O)[O-])n1. The topological polar surface area (TPSA) is 116 Å². The van der Waals surface area contributed by atoms with Crippen LogP contribution in [0.2, 0.25) is 0 Å². The quantitative estimate of drug-likeness (QED) is 0.668. The van der Waals surface area contributed by atoms with Crippen LogP contribution in [0.25, 0.3) is 0 Å². The molecular formula is C10H4BrFN2O6. The van der Waals surface area contributed by atoms with E-state index < -0.39 is 39.9 Å². The van der Waals surface area contributed by atoms with Gasteiger partial charge in [0.05, 0.1) is 9.40 Å². The van der Waals surface area contributed by atoms with E-state index in [4.69, 9.17) is 9.84 Å². The van der Waals surface area contributed by atoms with E-state index in [0.29, 0.717) is 0 Å². The van der Waals surface area contributed by atoms with Crippen molar-refractivity contribution in [3.8, 4) is 11.8 Å². The summed E-state index contributed by atoms with van der Waals surface area (Å²) in [4.78, 5) is 24.0. The molecule has 0 unspecified atom stereocenters. The summed E-state index contributed by atoms with van der Waals surface area (Å²) in [5, 5.41) is 19.5. The van der Waals surface area contributed by atoms with Crippen LogP contribution in [0, 0.1) is 15.9 Å². The van der Waals surface area contributed by atoms with E-state index in [2.05, 4.69) is 25.3 Å². The van der Waals surface area contributed by atoms with Crippen LogP contribution in [-0.2, 0) is 0 Å². The normalized spacial score (nSPS) is 10.3. The number of carboxylic acid groups (broad SMARTS) is 1. The summed E-state index contributed by atoms with van der Waals surface area (Å²) in [6.07, 6.45) is 0.242. The van der Waals surface area contributed by atoms with Gasteiger partial charge in [-0.25, -0.2) is 9.18 Å². The number of hydrogen-bond acceptors (Lipinski definition) is 6. The molecule has 1 heterocycles. The number of carbonyl (C=O) groups is 1. The average Bonchev–Trinajstić information content (AvgIpc) is 2.82. The lowest BCUT2D eigenvalue weighted by Gasteiger charge is -2.03. The fourth-order valence-electron chi connectivity index (χ4n) is 1.24. The fraction of sp³-hybridized carbons (Fsp3) is 0. The Bertz CT molecular complexity index is 701. The number of halogens is 2. The number of hydrogen-bond donors (Lipinski definition) is 1. The number of nitro groups is 1. The molecule has 0 radical (unpaired) electrons. The Morgan fingerprint density at radius 1 is 1.55 bits per heavy atom. The Morgan fingerprint density at radius 3 is 2.80 bits per heavy atom. The molecule has 0 spiro atoms. The molecule has 0 amide bonds. The second-order valence-electron chi connectivity index (χ2n) is 3.40. The maximum atomic E-state index is 13.4. The van der Waals surface area contributed by atoms with Gasteiger partial charge in [0.2, 0.25) is 5.75 Å². The number of benzene rings is 1. The molecule has 2 rings (SSSR count). The minimum absolute atomic E-state index is 0.116. The fourth-order valence-corrected chi connectivity index (χ4v) is 1.57. The first-order valence-electron chi connectivity index (χ1n) is 4.88. The molecule has 1 aromatic carbocycles. The molecule has 20 heavy (non-hydrogen) atoms. The lowest BCUT2D eigenvalue weighted by Crippen LogP contribution is -1.97. The van der Waals surface area contributed by atoms with Crippen molar-refractivity contribution < 1.29 is 28.4 Å². The largest absolute Gasteiger partial charge is 0.476 e. The minimum atomic E-state index is -1.36. The Balaban J connectivity index is 2.39. The molecule has 1 aromatic heterocycles. The van der Waals surface area contributed by atoms with Gasteiger partial charge in [0.15, 0.2) is 5.69 Å². The van der Waals surface area contributed by atoms with Gasteiger partial charge in [-0.05, 0) is 15.9 Å². The molecule has 0 saturated heterocycles. The summed E-state index contributed by atoms with van der Waals surface area (Å²) in [6, 6.07) is 1.67. The first-order chi connectivity index (χ1) is 9.38. The number of aromatic carboxylic acids is 1. The molecule has 0 aliphatic carbocycles. The van der Waals surface area contributed by atoms with Crippen LogP contribution in [0.1, 0.15) is 10.5 Å². The zero-order chi connectivity index (χ0) is 14.9. The lowest BCUT2D eigenvalue weighted by atomic mass is 10.3. The number of aromatic nitrogens is 1. The molecule has 0 aliphatic heterocycles. The monoisotopic (exact) mass is 346 g/mol. The van der Waals surface area contributed by atoms with Crippen molar-refractivity contribution >= 4 is 27.6 Å². The Kier molecular flexibility index (Phi) is 3.66. The van der Waals surface area contributed by atoms with E-state index in [9.17, 15) is 19.3 Å². The van der Waals surface area contributed by atoms with Crippen LogP contribution >= 0.6 is 15.9 Å². The van der Waals surface area contributed by atoms with Crippen molar-refractivity contribution in [2.75, 3.05) is 0 Å². The maximum Gasteiger partial charge on any atom is 0.400 e. The van der Waals surface area contributed by atoms with E-state index >= 15 is 0 Å². The maximum absolute atomic E-state index is 13.4. The highest BCUT2D eigenvalue weighted by Crippen LogP contribution is 2.35. The molecule has 0 atom stereocenters. The first kappa shape index (κ1) is 13.9. The van der Waals surface area contributed by atoms with Gasteiger partial charge in [-0.15, -0.1) is 0 Å². The third kappa shape index (κ3) is 2.74. The van der Waals surface area contributed by atoms with Crippen LogP contribution < -0.4 is 4.74 Å². The first-order valence-corrected chi connectivity index (χ1v) is 5.68. The van der Waals surface area contributed by atoms with Gasteiger partial charge < -0.3 is 14.3 Å². The Morgan fingerprint density at radius 2 is 2.25 bits per heavy atom. The van der Waals surface area contributed by atoms with Gasteiger partial charge >= 0.3 is 17.7 Å². The standard InChI is InChI=1S/C10H4BrFN2O6/c11-4-1-7(14(17)18)8(2-5(4)12)20-10-13-6(3-19-10)9(15)16/h1-3H,(H,15,16). The number of nitro benzene ring substituents is 1. The van der Waals surface area contributed by atoms with Crippen molar-refractivity contribution in [2.24, 2.45) is 0 Å². The van der Waals surface area contributed by atoms with Gasteiger partial charge in [-0.3, -0.25) is 10.1 Å². The van der Waals surface area contributed by atoms with E-state index in [1.54, 1.807) is 0 Å². The third-order valence-electron chi connectivity index (χ3n) is 2.10. The van der Waals surface area contributed by atoms with Crippen molar-refractivity contribution in [1.82, 2.24) is 4.98 Å². The lowest BCUT2D eigenvalue weighted by molar-refractivity contribution is -0.385. The molecule has 0 aliphatic rings. The van der Waals surface area contributed by atoms with Gasteiger partial charge in [-0.1, -0.05) is 0 Å². The second kappa shape index (κ2) is 5.25. The highest BCUT2D eigenvalue weighted by atomic mass is 79.9. The number of rotatable bonds is 4. The molecule has 2 aromatic rings. The van der Waals surface area contributed by atoms with E-state index in [1.807, 2.05) is 0 Å². The smallest absolute Gasteiger partial charge is 0.400 e. The van der Waals surface area contributed by atoms with Crippen LogP contribution in [0.3, 0.4) is 0 Å². The predicted octanol–water partition coefficient (Wildman–Crippen LogP) is 2.97. The van der Waals surface area contributed by atoms with E-state index in [0.717, 1.165) is 18.4 Å². The van der Waals surface area contributed by atoms with E-state index in [-0.39, 0.29) is 4.47 Å². The zero-order valence-electron chi connectivity index (χ0n) is 9.37. The summed E-state index contributed by atoms with van der Waals surface area (Å²) < 4.78 is 22.8. The van der Waals surface area contributed by atoms with Crippen LogP contribution in [-0.4, -0.2) is 21.0 Å². The Labute approximate surface area is 118 Å². The number of carboxylic acids is 1. The highest BCUT2D eigenvalue weighted by molar-refractivity contribution is 9.10. The summed E-state index contributed by atoms with van der Waals surface area (Å²) in [7, 11) is 0. The van der Waals surface area contributed by atoms with Crippen molar-refractivity contribution in [3.05, 3.63) is 44.5 Å². The van der Waals surface area contributed by atoms with Crippen molar-refractivity contribution in [3.63, 3.8) is 0 Å². The number of oxazole rings is 1. The van der Waals surface area contributed by atoms with Crippen molar-refractivity contribution in [1.29, 1.82) is 0 Å². The second-order valence-corrected chi connectivity index (χ2v) is 4.25. The van der Waals surface area contributed by atoms with Gasteiger partial charge in [0, 0.05) is 12.1 Å². The number of ether oxygens (including phenoxy) is 1. The van der Waals surface area contributed by atoms with Gasteiger partial charge in [-0.2, -0.15) is 4.98 Å². The van der Waals surface area contributed by atoms with Crippen molar-refractivity contribution in [2.45, 2.75) is 0 Å². The molecule has 1 N–H and O–H groups in total. The molecule has 10 heteroatoms. The molecule has 104 valence electrons. The molecule has 0 fully saturated rings. The third-order valence-corrected chi connectivity index (χ3v) is 2.71. The Hall–Kier alpha value is -2.49. The molecular weight excluding hydrogens is 343 g/mol. The molecule has 8 nitrogen and oxygen atoms in total. The summed E-state index contributed by atoms with van der Waals surface area (Å²) in [5.41, 5.74) is -0.978. The zero-order valence-corrected chi connectivity index (χ0v) is 11.0. The van der Waals surface area contributed by atoms with Crippen LogP contribution in [0.5, 0.6) is 11.8 Å². The summed E-state index contributed by atoms with van der Waals surface area (Å²) in [6.45, 7) is 0. The predicted molar refractivity (Wildman–Crippen MR) is 64.3 cm³/mol. The summed E-state index contributed by atoms with van der Waals surface area (Å²) in [5.74, 6) is -2.62. The molecule has 0 saturated carbocycles. The average molecular weight is 347 g/mol. The van der Waals surface area contributed by atoms with Crippen LogP contribution in [0.15, 0.2) is 27.3 Å². The number of nitrogens with zero attached hydrogens (tertiary/aromatic N) is 2. The van der Waals surface area contributed by atoms with Crippen LogP contribution in [0.4, 0.5) is 10.1 Å². The van der Waals surface area contributed by atoms with Gasteiger partial charge in [0.25, 0.3) is 0 Å². The summed E-state index contributed by atoms with van der Waals surface area (Å²) >= 11 is 2.81. The van der Waals surface area contributed by atoms with E-state index in [1.165, 1.54) is 0 Å². The molecule has 0 bridgehead atoms.